The molecule has 0 fully saturated rings. The summed E-state index contributed by atoms with van der Waals surface area (Å²) in [6.07, 6.45) is 0.833. The monoisotopic (exact) mass is 233 g/mol. The lowest BCUT2D eigenvalue weighted by Gasteiger charge is -2.04. The number of fused-ring (bicyclic) bond motifs is 1. The van der Waals surface area contributed by atoms with Crippen molar-refractivity contribution in [2.45, 2.75) is 6.42 Å². The van der Waals surface area contributed by atoms with Gasteiger partial charge in [-0.3, -0.25) is 0 Å². The van der Waals surface area contributed by atoms with Gasteiger partial charge in [0.05, 0.1) is 0 Å². The molecule has 1 radical (unpaired) electrons. The predicted octanol–water partition coefficient (Wildman–Crippen LogP) is 3.98. The van der Waals surface area contributed by atoms with Crippen molar-refractivity contribution >= 4 is 26.7 Å². The number of benzene rings is 2. The Morgan fingerprint density at radius 1 is 1.15 bits per heavy atom. The number of halogens is 1. The van der Waals surface area contributed by atoms with Crippen LogP contribution in [0.25, 0.3) is 10.8 Å². The van der Waals surface area contributed by atoms with Crippen molar-refractivity contribution < 1.29 is 0 Å². The number of hydrogen-bond acceptors (Lipinski definition) is 0. The minimum atomic E-state index is 0.833. The zero-order valence-electron chi connectivity index (χ0n) is 7.26. The topological polar surface area (TPSA) is 0 Å². The van der Waals surface area contributed by atoms with Crippen LogP contribution in [0, 0.1) is 6.92 Å². The predicted molar refractivity (Wildman–Crippen MR) is 60.7 cm³/mol. The second kappa shape index (κ2) is 3.51. The summed E-state index contributed by atoms with van der Waals surface area (Å²) in [5.74, 6) is 0. The van der Waals surface area contributed by atoms with E-state index in [1.54, 1.807) is 0 Å². The molecule has 0 aliphatic heterocycles. The van der Waals surface area contributed by atoms with Crippen LogP contribution in [-0.4, -0.2) is 0 Å². The third kappa shape index (κ3) is 1.61. The molecule has 0 aliphatic rings. The van der Waals surface area contributed by atoms with E-state index in [9.17, 15) is 0 Å². The molecule has 0 bridgehead atoms. The average Bonchev–Trinajstić information content (AvgIpc) is 2.16. The lowest BCUT2D eigenvalue weighted by Crippen LogP contribution is -1.83. The smallest absolute Gasteiger partial charge is 0.0184 e. The molecule has 0 saturated carbocycles. The summed E-state index contributed by atoms with van der Waals surface area (Å²) < 4.78 is 1.13. The molecule has 2 aromatic carbocycles. The zero-order chi connectivity index (χ0) is 9.26. The molecular formula is C12H10Br. The Balaban J connectivity index is 2.81. The highest BCUT2D eigenvalue weighted by molar-refractivity contribution is 9.10. The van der Waals surface area contributed by atoms with Crippen LogP contribution < -0.4 is 0 Å². The van der Waals surface area contributed by atoms with Gasteiger partial charge in [0.25, 0.3) is 0 Å². The summed E-state index contributed by atoms with van der Waals surface area (Å²) >= 11 is 3.50. The molecular weight excluding hydrogens is 224 g/mol. The van der Waals surface area contributed by atoms with Crippen LogP contribution in [0.15, 0.2) is 40.9 Å². The molecule has 0 unspecified atom stereocenters. The second-order valence-electron chi connectivity index (χ2n) is 3.04. The van der Waals surface area contributed by atoms with Gasteiger partial charge < -0.3 is 0 Å². The first-order valence-electron chi connectivity index (χ1n) is 4.27. The van der Waals surface area contributed by atoms with E-state index < -0.39 is 0 Å². The summed E-state index contributed by atoms with van der Waals surface area (Å²) in [6, 6.07) is 12.7. The first-order valence-corrected chi connectivity index (χ1v) is 5.07. The van der Waals surface area contributed by atoms with Gasteiger partial charge >= 0.3 is 0 Å². The normalized spacial score (nSPS) is 10.6. The Labute approximate surface area is 86.7 Å². The second-order valence-corrected chi connectivity index (χ2v) is 3.95. The van der Waals surface area contributed by atoms with Gasteiger partial charge in [-0.25, -0.2) is 0 Å². The highest BCUT2D eigenvalue weighted by Gasteiger charge is 1.99. The van der Waals surface area contributed by atoms with Gasteiger partial charge in [-0.15, -0.1) is 0 Å². The van der Waals surface area contributed by atoms with Crippen LogP contribution in [0.5, 0.6) is 0 Å². The molecule has 65 valence electrons. The molecule has 1 heteroatoms. The van der Waals surface area contributed by atoms with E-state index in [0.29, 0.717) is 0 Å². The van der Waals surface area contributed by atoms with Gasteiger partial charge in [0, 0.05) is 4.47 Å². The number of hydrogen-bond donors (Lipinski definition) is 0. The van der Waals surface area contributed by atoms with E-state index in [1.165, 1.54) is 16.3 Å². The fourth-order valence-corrected chi connectivity index (χ4v) is 2.08. The van der Waals surface area contributed by atoms with Crippen molar-refractivity contribution in [2.24, 2.45) is 0 Å². The Morgan fingerprint density at radius 3 is 2.69 bits per heavy atom. The van der Waals surface area contributed by atoms with Crippen molar-refractivity contribution in [3.05, 3.63) is 53.4 Å². The van der Waals surface area contributed by atoms with Crippen molar-refractivity contribution in [1.82, 2.24) is 0 Å². The summed E-state index contributed by atoms with van der Waals surface area (Å²) in [4.78, 5) is 0. The van der Waals surface area contributed by atoms with Crippen molar-refractivity contribution in [3.8, 4) is 0 Å². The maximum atomic E-state index is 3.93. The molecule has 0 atom stereocenters. The van der Waals surface area contributed by atoms with E-state index in [4.69, 9.17) is 0 Å². The van der Waals surface area contributed by atoms with E-state index in [1.807, 2.05) is 0 Å². The minimum absolute atomic E-state index is 0.833. The van der Waals surface area contributed by atoms with Gasteiger partial charge in [0.15, 0.2) is 0 Å². The standard InChI is InChI=1S/C12H10Br/c1-2-9-7-11(13)8-10-5-3-4-6-12(9)10/h3-8H,1-2H2. The van der Waals surface area contributed by atoms with E-state index in [0.717, 1.165) is 10.9 Å². The lowest BCUT2D eigenvalue weighted by atomic mass is 10.0. The van der Waals surface area contributed by atoms with Gasteiger partial charge in [0.2, 0.25) is 0 Å². The van der Waals surface area contributed by atoms with Crippen LogP contribution >= 0.6 is 15.9 Å². The maximum absolute atomic E-state index is 3.93. The van der Waals surface area contributed by atoms with Gasteiger partial charge in [-0.2, -0.15) is 0 Å². The molecule has 0 aliphatic carbocycles. The Morgan fingerprint density at radius 2 is 1.92 bits per heavy atom. The lowest BCUT2D eigenvalue weighted by molar-refractivity contribution is 1.30. The van der Waals surface area contributed by atoms with Crippen LogP contribution in [0.1, 0.15) is 5.56 Å². The van der Waals surface area contributed by atoms with Crippen molar-refractivity contribution in [3.63, 3.8) is 0 Å². The van der Waals surface area contributed by atoms with Gasteiger partial charge in [-0.1, -0.05) is 40.2 Å². The summed E-state index contributed by atoms with van der Waals surface area (Å²) in [6.45, 7) is 3.93. The Bertz CT molecular complexity index is 432. The fourth-order valence-electron chi connectivity index (χ4n) is 1.56. The molecule has 2 rings (SSSR count). The molecule has 0 nitrogen and oxygen atoms in total. The van der Waals surface area contributed by atoms with Crippen molar-refractivity contribution in [2.75, 3.05) is 0 Å². The quantitative estimate of drug-likeness (QED) is 0.700. The molecule has 0 amide bonds. The summed E-state index contributed by atoms with van der Waals surface area (Å²) in [7, 11) is 0. The van der Waals surface area contributed by atoms with E-state index in [2.05, 4.69) is 59.3 Å². The SMILES string of the molecule is [CH2]Cc1cc(Br)cc2ccccc12. The van der Waals surface area contributed by atoms with Gasteiger partial charge in [-0.05, 0) is 41.8 Å². The first-order chi connectivity index (χ1) is 6.31. The molecule has 0 heterocycles. The average molecular weight is 234 g/mol. The highest BCUT2D eigenvalue weighted by atomic mass is 79.9. The van der Waals surface area contributed by atoms with Crippen LogP contribution in [0.2, 0.25) is 0 Å². The summed E-state index contributed by atoms with van der Waals surface area (Å²) in [5.41, 5.74) is 1.30. The molecule has 0 N–H and O–H groups in total. The Kier molecular flexibility index (Phi) is 2.36. The highest BCUT2D eigenvalue weighted by Crippen LogP contribution is 2.24. The van der Waals surface area contributed by atoms with E-state index >= 15 is 0 Å². The molecule has 0 saturated heterocycles. The first kappa shape index (κ1) is 8.76. The molecule has 0 spiro atoms. The van der Waals surface area contributed by atoms with Crippen LogP contribution in [0.3, 0.4) is 0 Å². The van der Waals surface area contributed by atoms with Crippen LogP contribution in [0.4, 0.5) is 0 Å². The molecule has 2 aromatic rings. The minimum Gasteiger partial charge on any atom is -0.0616 e. The Hall–Kier alpha value is -0.820. The van der Waals surface area contributed by atoms with Gasteiger partial charge in [0.1, 0.15) is 0 Å². The van der Waals surface area contributed by atoms with Crippen molar-refractivity contribution in [1.29, 1.82) is 0 Å². The third-order valence-corrected chi connectivity index (χ3v) is 2.64. The van der Waals surface area contributed by atoms with Crippen LogP contribution in [-0.2, 0) is 6.42 Å². The zero-order valence-corrected chi connectivity index (χ0v) is 8.84. The summed E-state index contributed by atoms with van der Waals surface area (Å²) in [5, 5.41) is 2.58. The maximum Gasteiger partial charge on any atom is 0.0184 e. The van der Waals surface area contributed by atoms with E-state index in [-0.39, 0.29) is 0 Å². The largest absolute Gasteiger partial charge is 0.0616 e. The molecule has 0 aromatic heterocycles. The fraction of sp³-hybridized carbons (Fsp3) is 0.0833. The number of rotatable bonds is 1. The third-order valence-electron chi connectivity index (χ3n) is 2.18. The molecule has 13 heavy (non-hydrogen) atoms.